The quantitative estimate of drug-likeness (QED) is 0.217. The topological polar surface area (TPSA) is 45.6 Å². The van der Waals surface area contributed by atoms with E-state index in [1.54, 1.807) is 0 Å². The summed E-state index contributed by atoms with van der Waals surface area (Å²) in [6.07, 6.45) is 5.97. The van der Waals surface area contributed by atoms with Crippen molar-refractivity contribution in [3.05, 3.63) is 34.3 Å². The number of aliphatic imine (C=N–C) groups is 1. The molecule has 4 nitrogen and oxygen atoms in total. The summed E-state index contributed by atoms with van der Waals surface area (Å²) in [6, 6.07) is 8.77. The number of nitrogens with one attached hydrogen (secondary N) is 2. The lowest BCUT2D eigenvalue weighted by atomic mass is 9.64. The monoisotopic (exact) mass is 523 g/mol. The lowest BCUT2D eigenvalue weighted by Gasteiger charge is -2.43. The van der Waals surface area contributed by atoms with Crippen LogP contribution in [0.2, 0.25) is 0 Å². The Labute approximate surface area is 177 Å². The average Bonchev–Trinajstić information content (AvgIpc) is 2.56. The first-order chi connectivity index (χ1) is 11.7. The molecular weight excluding hydrogens is 493 g/mol. The van der Waals surface area contributed by atoms with E-state index in [0.29, 0.717) is 0 Å². The van der Waals surface area contributed by atoms with Crippen molar-refractivity contribution in [3.8, 4) is 0 Å². The lowest BCUT2D eigenvalue weighted by molar-refractivity contribution is 0.143. The molecule has 1 aromatic carbocycles. The Morgan fingerprint density at radius 2 is 1.92 bits per heavy atom. The standard InChI is InChI=1S/C19H30BrN3O.HI/c1-3-24-14-5-4-13-22-18(21-2)23-15-19(11-6-12-19)16-7-9-17(20)10-8-16;/h7-10H,3-6,11-15H2,1-2H3,(H2,21,22,23);1H. The third-order valence-electron chi connectivity index (χ3n) is 4.80. The number of nitrogens with zero attached hydrogens (tertiary/aromatic N) is 1. The minimum Gasteiger partial charge on any atom is -0.382 e. The fourth-order valence-corrected chi connectivity index (χ4v) is 3.39. The van der Waals surface area contributed by atoms with Crippen LogP contribution >= 0.6 is 39.9 Å². The number of rotatable bonds is 9. The van der Waals surface area contributed by atoms with Gasteiger partial charge in [-0.2, -0.15) is 0 Å². The summed E-state index contributed by atoms with van der Waals surface area (Å²) in [6.45, 7) is 5.54. The second kappa shape index (κ2) is 12.1. The van der Waals surface area contributed by atoms with Crippen molar-refractivity contribution in [2.75, 3.05) is 33.4 Å². The Hall–Kier alpha value is -0.340. The zero-order valence-corrected chi connectivity index (χ0v) is 19.2. The first kappa shape index (κ1) is 22.7. The molecule has 0 unspecified atom stereocenters. The molecule has 0 bridgehead atoms. The van der Waals surface area contributed by atoms with E-state index in [4.69, 9.17) is 4.74 Å². The number of guanidine groups is 1. The molecule has 2 rings (SSSR count). The summed E-state index contributed by atoms with van der Waals surface area (Å²) in [4.78, 5) is 4.35. The molecule has 0 spiro atoms. The van der Waals surface area contributed by atoms with Gasteiger partial charge < -0.3 is 15.4 Å². The molecule has 1 aliphatic rings. The van der Waals surface area contributed by atoms with E-state index in [0.717, 1.165) is 49.6 Å². The fraction of sp³-hybridized carbons (Fsp3) is 0.632. The highest BCUT2D eigenvalue weighted by molar-refractivity contribution is 14.0. The van der Waals surface area contributed by atoms with E-state index in [1.807, 2.05) is 14.0 Å². The summed E-state index contributed by atoms with van der Waals surface area (Å²) in [7, 11) is 1.84. The minimum absolute atomic E-state index is 0. The Kier molecular flexibility index (Phi) is 11.0. The van der Waals surface area contributed by atoms with Crippen molar-refractivity contribution in [1.82, 2.24) is 10.6 Å². The van der Waals surface area contributed by atoms with E-state index in [9.17, 15) is 0 Å². The normalized spacial score (nSPS) is 15.9. The van der Waals surface area contributed by atoms with Gasteiger partial charge in [0.1, 0.15) is 0 Å². The molecule has 0 radical (unpaired) electrons. The van der Waals surface area contributed by atoms with Crippen LogP contribution in [0.4, 0.5) is 0 Å². The number of hydrogen-bond donors (Lipinski definition) is 2. The van der Waals surface area contributed by atoms with Crippen molar-refractivity contribution >= 4 is 45.9 Å². The van der Waals surface area contributed by atoms with Crippen LogP contribution in [-0.4, -0.2) is 39.3 Å². The van der Waals surface area contributed by atoms with Gasteiger partial charge in [0.15, 0.2) is 5.96 Å². The van der Waals surface area contributed by atoms with Crippen molar-refractivity contribution < 1.29 is 4.74 Å². The van der Waals surface area contributed by atoms with Crippen LogP contribution < -0.4 is 10.6 Å². The number of halogens is 2. The number of benzene rings is 1. The van der Waals surface area contributed by atoms with Crippen molar-refractivity contribution in [3.63, 3.8) is 0 Å². The van der Waals surface area contributed by atoms with Gasteiger partial charge in [0.2, 0.25) is 0 Å². The van der Waals surface area contributed by atoms with Crippen LogP contribution in [0.25, 0.3) is 0 Å². The summed E-state index contributed by atoms with van der Waals surface area (Å²) < 4.78 is 6.50. The van der Waals surface area contributed by atoms with E-state index in [-0.39, 0.29) is 29.4 Å². The largest absolute Gasteiger partial charge is 0.382 e. The van der Waals surface area contributed by atoms with Crippen molar-refractivity contribution in [2.45, 2.75) is 44.4 Å². The molecule has 1 aliphatic carbocycles. The zero-order valence-electron chi connectivity index (χ0n) is 15.3. The van der Waals surface area contributed by atoms with Gasteiger partial charge in [-0.05, 0) is 50.3 Å². The Balaban J connectivity index is 0.00000312. The average molecular weight is 524 g/mol. The van der Waals surface area contributed by atoms with Crippen LogP contribution in [-0.2, 0) is 10.2 Å². The van der Waals surface area contributed by atoms with Gasteiger partial charge in [-0.25, -0.2) is 0 Å². The van der Waals surface area contributed by atoms with Gasteiger partial charge in [-0.3, -0.25) is 4.99 Å². The first-order valence-electron chi connectivity index (χ1n) is 8.98. The Bertz CT molecular complexity index is 518. The predicted octanol–water partition coefficient (Wildman–Crippen LogP) is 4.47. The van der Waals surface area contributed by atoms with Crippen LogP contribution in [0.1, 0.15) is 44.6 Å². The maximum absolute atomic E-state index is 5.36. The number of ether oxygens (including phenoxy) is 1. The molecule has 6 heteroatoms. The molecule has 25 heavy (non-hydrogen) atoms. The second-order valence-corrected chi connectivity index (χ2v) is 7.31. The molecular formula is C19H31BrIN3O. The van der Waals surface area contributed by atoms with E-state index in [1.165, 1.54) is 24.8 Å². The van der Waals surface area contributed by atoms with Crippen molar-refractivity contribution in [2.24, 2.45) is 4.99 Å². The highest BCUT2D eigenvalue weighted by Crippen LogP contribution is 2.43. The molecule has 0 heterocycles. The molecule has 2 N–H and O–H groups in total. The molecule has 142 valence electrons. The van der Waals surface area contributed by atoms with Gasteiger partial charge in [-0.1, -0.05) is 34.5 Å². The second-order valence-electron chi connectivity index (χ2n) is 6.40. The third kappa shape index (κ3) is 7.06. The maximum Gasteiger partial charge on any atom is 0.191 e. The highest BCUT2D eigenvalue weighted by atomic mass is 127. The minimum atomic E-state index is 0. The highest BCUT2D eigenvalue weighted by Gasteiger charge is 2.38. The van der Waals surface area contributed by atoms with Gasteiger partial charge >= 0.3 is 0 Å². The summed E-state index contributed by atoms with van der Waals surface area (Å²) >= 11 is 3.52. The molecule has 1 fully saturated rings. The zero-order chi connectivity index (χ0) is 17.3. The van der Waals surface area contributed by atoms with Gasteiger partial charge in [0.05, 0.1) is 0 Å². The van der Waals surface area contributed by atoms with E-state index in [2.05, 4.69) is 55.8 Å². The smallest absolute Gasteiger partial charge is 0.191 e. The van der Waals surface area contributed by atoms with Crippen LogP contribution in [0.3, 0.4) is 0 Å². The van der Waals surface area contributed by atoms with E-state index < -0.39 is 0 Å². The predicted molar refractivity (Wildman–Crippen MR) is 120 cm³/mol. The Morgan fingerprint density at radius 3 is 2.48 bits per heavy atom. The van der Waals surface area contributed by atoms with Crippen LogP contribution in [0.15, 0.2) is 33.7 Å². The summed E-state index contributed by atoms with van der Waals surface area (Å²) in [5, 5.41) is 6.93. The van der Waals surface area contributed by atoms with Crippen molar-refractivity contribution in [1.29, 1.82) is 0 Å². The van der Waals surface area contributed by atoms with Gasteiger partial charge in [0, 0.05) is 43.2 Å². The number of hydrogen-bond acceptors (Lipinski definition) is 2. The van der Waals surface area contributed by atoms with Crippen LogP contribution in [0, 0.1) is 0 Å². The Morgan fingerprint density at radius 1 is 1.20 bits per heavy atom. The molecule has 0 saturated heterocycles. The number of unbranched alkanes of at least 4 members (excludes halogenated alkanes) is 1. The van der Waals surface area contributed by atoms with Crippen LogP contribution in [0.5, 0.6) is 0 Å². The molecule has 1 saturated carbocycles. The fourth-order valence-electron chi connectivity index (χ4n) is 3.13. The SMILES string of the molecule is CCOCCCCNC(=NC)NCC1(c2ccc(Br)cc2)CCC1.I. The molecule has 0 aliphatic heterocycles. The maximum atomic E-state index is 5.36. The molecule has 0 amide bonds. The molecule has 0 aromatic heterocycles. The first-order valence-corrected chi connectivity index (χ1v) is 9.78. The molecule has 0 atom stereocenters. The third-order valence-corrected chi connectivity index (χ3v) is 5.33. The molecule has 1 aromatic rings. The summed E-state index contributed by atoms with van der Waals surface area (Å²) in [5.41, 5.74) is 1.68. The van der Waals surface area contributed by atoms with Gasteiger partial charge in [-0.15, -0.1) is 24.0 Å². The van der Waals surface area contributed by atoms with E-state index >= 15 is 0 Å². The summed E-state index contributed by atoms with van der Waals surface area (Å²) in [5.74, 6) is 0.898. The van der Waals surface area contributed by atoms with Gasteiger partial charge in [0.25, 0.3) is 0 Å². The lowest BCUT2D eigenvalue weighted by Crippen LogP contribution is -2.49.